The van der Waals surface area contributed by atoms with Crippen LogP contribution in [0.2, 0.25) is 0 Å². The van der Waals surface area contributed by atoms with Gasteiger partial charge in [-0.2, -0.15) is 0 Å². The van der Waals surface area contributed by atoms with Gasteiger partial charge in [0.25, 0.3) is 0 Å². The first-order chi connectivity index (χ1) is 6.81. The van der Waals surface area contributed by atoms with Gasteiger partial charge in [-0.3, -0.25) is 9.13 Å². The molecule has 5 nitrogen and oxygen atoms in total. The van der Waals surface area contributed by atoms with E-state index in [2.05, 4.69) is 19.1 Å². The summed E-state index contributed by atoms with van der Waals surface area (Å²) in [6.45, 7) is 2.08. The minimum atomic E-state index is -4.24. The van der Waals surface area contributed by atoms with E-state index in [0.717, 1.165) is 0 Å². The standard InChI is InChI=1S/C7H8.CH6O5P2/c1-7-5-3-2-4-6-7;2-7(3)1-8(4,5)6/h2-6H,1H3;7H,1H2,(H,2,3)(H2,4,5,6). The molecule has 7 heteroatoms. The molecule has 0 heterocycles. The van der Waals surface area contributed by atoms with E-state index in [0.29, 0.717) is 0 Å². The maximum absolute atomic E-state index is 9.80. The molecule has 0 fully saturated rings. The highest BCUT2D eigenvalue weighted by molar-refractivity contribution is 7.64. The predicted octanol–water partition coefficient (Wildman–Crippen LogP) is 1.58. The number of hydrogen-bond donors (Lipinski definition) is 3. The summed E-state index contributed by atoms with van der Waals surface area (Å²) in [5.41, 5.74) is 1.32. The van der Waals surface area contributed by atoms with Crippen LogP contribution in [0.5, 0.6) is 0 Å². The van der Waals surface area contributed by atoms with Gasteiger partial charge >= 0.3 is 7.60 Å². The lowest BCUT2D eigenvalue weighted by atomic mass is 10.2. The Morgan fingerprint density at radius 2 is 1.73 bits per heavy atom. The molecule has 0 aliphatic carbocycles. The Labute approximate surface area is 88.8 Å². The predicted molar refractivity (Wildman–Crippen MR) is 59.3 cm³/mol. The van der Waals surface area contributed by atoms with Crippen molar-refractivity contribution in [3.8, 4) is 0 Å². The molecule has 0 radical (unpaired) electrons. The van der Waals surface area contributed by atoms with E-state index < -0.39 is 21.5 Å². The highest BCUT2D eigenvalue weighted by Gasteiger charge is 2.15. The van der Waals surface area contributed by atoms with E-state index in [4.69, 9.17) is 14.7 Å². The van der Waals surface area contributed by atoms with Crippen LogP contribution in [0.25, 0.3) is 0 Å². The maximum atomic E-state index is 9.80. The van der Waals surface area contributed by atoms with Crippen LogP contribution in [0.15, 0.2) is 30.3 Å². The largest absolute Gasteiger partial charge is 0.346 e. The summed E-state index contributed by atoms with van der Waals surface area (Å²) in [6.07, 6.45) is 0. The van der Waals surface area contributed by atoms with Crippen molar-refractivity contribution in [1.29, 1.82) is 0 Å². The highest BCUT2D eigenvalue weighted by atomic mass is 31.2. The second kappa shape index (κ2) is 6.94. The van der Waals surface area contributed by atoms with E-state index in [9.17, 15) is 9.13 Å². The summed E-state index contributed by atoms with van der Waals surface area (Å²) >= 11 is 0. The second-order valence-corrected chi connectivity index (χ2v) is 6.25. The van der Waals surface area contributed by atoms with Gasteiger partial charge < -0.3 is 14.7 Å². The average molecular weight is 252 g/mol. The molecule has 3 N–H and O–H groups in total. The highest BCUT2D eigenvalue weighted by Crippen LogP contribution is 2.42. The fourth-order valence-corrected chi connectivity index (χ4v) is 2.12. The van der Waals surface area contributed by atoms with Gasteiger partial charge in [0.05, 0.1) is 0 Å². The molecule has 1 aromatic rings. The zero-order chi connectivity index (χ0) is 11.9. The van der Waals surface area contributed by atoms with Crippen molar-refractivity contribution in [2.24, 2.45) is 0 Å². The summed E-state index contributed by atoms with van der Waals surface area (Å²) in [6, 6.07) is 10.3. The lowest BCUT2D eigenvalue weighted by Gasteiger charge is -1.96. The first-order valence-corrected chi connectivity index (χ1v) is 7.45. The first kappa shape index (κ1) is 14.6. The van der Waals surface area contributed by atoms with Crippen molar-refractivity contribution in [3.05, 3.63) is 35.9 Å². The number of hydrogen-bond acceptors (Lipinski definition) is 2. The quantitative estimate of drug-likeness (QED) is 0.694. The summed E-state index contributed by atoms with van der Waals surface area (Å²) in [4.78, 5) is 23.9. The van der Waals surface area contributed by atoms with Crippen LogP contribution in [-0.2, 0) is 9.13 Å². The van der Waals surface area contributed by atoms with Gasteiger partial charge in [0.1, 0.15) is 5.90 Å². The zero-order valence-electron chi connectivity index (χ0n) is 8.20. The lowest BCUT2D eigenvalue weighted by Crippen LogP contribution is -1.78. The Balaban J connectivity index is 0.000000262. The van der Waals surface area contributed by atoms with Gasteiger partial charge in [0.2, 0.25) is 8.03 Å². The van der Waals surface area contributed by atoms with E-state index in [-0.39, 0.29) is 0 Å². The van der Waals surface area contributed by atoms with E-state index >= 15 is 0 Å². The Morgan fingerprint density at radius 3 is 1.87 bits per heavy atom. The molecule has 0 aromatic heterocycles. The summed E-state index contributed by atoms with van der Waals surface area (Å²) in [7, 11) is -7.24. The van der Waals surface area contributed by atoms with Crippen molar-refractivity contribution >= 4 is 15.6 Å². The zero-order valence-corrected chi connectivity index (χ0v) is 10.1. The molecule has 1 aromatic carbocycles. The van der Waals surface area contributed by atoms with Crippen LogP contribution in [-0.4, -0.2) is 20.6 Å². The Hall–Kier alpha value is -0.440. The Bertz CT molecular complexity index is 345. The molecule has 0 saturated heterocycles. The molecular formula is C8H14O5P2. The molecule has 0 amide bonds. The van der Waals surface area contributed by atoms with Crippen molar-refractivity contribution in [2.45, 2.75) is 6.92 Å². The second-order valence-electron chi connectivity index (χ2n) is 2.87. The first-order valence-electron chi connectivity index (χ1n) is 4.09. The third-order valence-electron chi connectivity index (χ3n) is 1.28. The number of benzene rings is 1. The van der Waals surface area contributed by atoms with Crippen LogP contribution in [0.1, 0.15) is 5.56 Å². The topological polar surface area (TPSA) is 94.8 Å². The summed E-state index contributed by atoms with van der Waals surface area (Å²) in [5, 5.41) is 0. The van der Waals surface area contributed by atoms with Gasteiger partial charge in [0, 0.05) is 0 Å². The molecule has 0 aliphatic heterocycles. The van der Waals surface area contributed by atoms with Gasteiger partial charge in [-0.15, -0.1) is 0 Å². The normalized spacial score (nSPS) is 12.5. The SMILES string of the molecule is Cc1ccccc1.O=[PH](O)CP(=O)(O)O. The van der Waals surface area contributed by atoms with Crippen molar-refractivity contribution in [1.82, 2.24) is 0 Å². The Kier molecular flexibility index (Phi) is 6.73. The fraction of sp³-hybridized carbons (Fsp3) is 0.250. The molecule has 1 rings (SSSR count). The molecule has 0 aliphatic rings. The molecule has 0 bridgehead atoms. The minimum absolute atomic E-state index is 0.905. The van der Waals surface area contributed by atoms with Crippen molar-refractivity contribution in [3.63, 3.8) is 0 Å². The van der Waals surface area contributed by atoms with E-state index in [1.807, 2.05) is 18.2 Å². The molecule has 1 atom stereocenters. The molecule has 0 saturated carbocycles. The van der Waals surface area contributed by atoms with Gasteiger partial charge in [-0.1, -0.05) is 35.9 Å². The van der Waals surface area contributed by atoms with Gasteiger partial charge in [0.15, 0.2) is 0 Å². The molecule has 0 spiro atoms. The summed E-state index contributed by atoms with van der Waals surface area (Å²) < 4.78 is 19.5. The molecule has 15 heavy (non-hydrogen) atoms. The van der Waals surface area contributed by atoms with Crippen LogP contribution in [0.3, 0.4) is 0 Å². The van der Waals surface area contributed by atoms with Crippen molar-refractivity contribution < 1.29 is 23.8 Å². The third kappa shape index (κ3) is 11.5. The van der Waals surface area contributed by atoms with Crippen LogP contribution in [0, 0.1) is 6.92 Å². The van der Waals surface area contributed by atoms with Gasteiger partial charge in [-0.25, -0.2) is 0 Å². The van der Waals surface area contributed by atoms with Crippen LogP contribution >= 0.6 is 15.6 Å². The van der Waals surface area contributed by atoms with E-state index in [1.54, 1.807) is 0 Å². The number of rotatable bonds is 2. The minimum Gasteiger partial charge on any atom is -0.346 e. The van der Waals surface area contributed by atoms with Crippen LogP contribution in [0.4, 0.5) is 0 Å². The molecular weight excluding hydrogens is 238 g/mol. The molecule has 86 valence electrons. The Morgan fingerprint density at radius 1 is 1.27 bits per heavy atom. The summed E-state index contributed by atoms with van der Waals surface area (Å²) in [5.74, 6) is -0.905. The average Bonchev–Trinajstić information content (AvgIpc) is 2.01. The maximum Gasteiger partial charge on any atom is 0.334 e. The fourth-order valence-electron chi connectivity index (χ4n) is 0.711. The third-order valence-corrected chi connectivity index (χ3v) is 4.01. The van der Waals surface area contributed by atoms with Gasteiger partial charge in [-0.05, 0) is 6.92 Å². The van der Waals surface area contributed by atoms with E-state index in [1.165, 1.54) is 5.56 Å². The van der Waals surface area contributed by atoms with Crippen LogP contribution < -0.4 is 0 Å². The molecule has 1 unspecified atom stereocenters. The lowest BCUT2D eigenvalue weighted by molar-refractivity contribution is 0.377. The number of aryl methyl sites for hydroxylation is 1. The monoisotopic (exact) mass is 252 g/mol. The van der Waals surface area contributed by atoms with Crippen molar-refractivity contribution in [2.75, 3.05) is 5.90 Å². The smallest absolute Gasteiger partial charge is 0.334 e.